The molecule has 0 radical (unpaired) electrons. The molecule has 0 aliphatic heterocycles. The number of nitrogens with two attached hydrogens (primary N) is 1. The fourth-order valence-electron chi connectivity index (χ4n) is 0.966. The van der Waals surface area contributed by atoms with E-state index in [0.717, 1.165) is 12.8 Å². The third kappa shape index (κ3) is 3.00. The average molecular weight is 201 g/mol. The highest BCUT2D eigenvalue weighted by molar-refractivity contribution is 7.99. The minimum absolute atomic E-state index is 0.316. The van der Waals surface area contributed by atoms with Crippen molar-refractivity contribution in [3.05, 3.63) is 5.89 Å². The Morgan fingerprint density at radius 2 is 2.08 bits per heavy atom. The Morgan fingerprint density at radius 3 is 2.54 bits per heavy atom. The maximum absolute atomic E-state index is 5.35. The first-order chi connectivity index (χ1) is 6.30. The van der Waals surface area contributed by atoms with Gasteiger partial charge in [0.15, 0.2) is 0 Å². The van der Waals surface area contributed by atoms with Crippen molar-refractivity contribution in [3.63, 3.8) is 0 Å². The third-order valence-corrected chi connectivity index (χ3v) is 3.17. The van der Waals surface area contributed by atoms with Gasteiger partial charge >= 0.3 is 0 Å². The average Bonchev–Trinajstić information content (AvgIpc) is 2.61. The van der Waals surface area contributed by atoms with Crippen LogP contribution in [0.1, 0.15) is 32.6 Å². The van der Waals surface area contributed by atoms with Crippen molar-refractivity contribution >= 4 is 11.8 Å². The molecule has 0 aliphatic rings. The normalized spacial score (nSPS) is 11.1. The summed E-state index contributed by atoms with van der Waals surface area (Å²) in [6.07, 6.45) is 2.23. The molecule has 5 heteroatoms. The van der Waals surface area contributed by atoms with Crippen LogP contribution < -0.4 is 5.73 Å². The first kappa shape index (κ1) is 10.5. The van der Waals surface area contributed by atoms with E-state index in [4.69, 9.17) is 10.2 Å². The van der Waals surface area contributed by atoms with Crippen LogP contribution in [0.25, 0.3) is 0 Å². The van der Waals surface area contributed by atoms with Crippen molar-refractivity contribution in [1.82, 2.24) is 10.2 Å². The van der Waals surface area contributed by atoms with Crippen LogP contribution in [0.4, 0.5) is 0 Å². The van der Waals surface area contributed by atoms with Gasteiger partial charge in [-0.1, -0.05) is 25.6 Å². The van der Waals surface area contributed by atoms with Crippen LogP contribution in [0.2, 0.25) is 0 Å². The maximum Gasteiger partial charge on any atom is 0.276 e. The lowest BCUT2D eigenvalue weighted by Crippen LogP contribution is -1.97. The summed E-state index contributed by atoms with van der Waals surface area (Å²) in [6.45, 7) is 4.62. The maximum atomic E-state index is 5.35. The molecule has 0 amide bonds. The molecule has 0 fully saturated rings. The van der Waals surface area contributed by atoms with Gasteiger partial charge < -0.3 is 10.2 Å². The van der Waals surface area contributed by atoms with Crippen molar-refractivity contribution in [2.75, 3.05) is 0 Å². The molecular formula is C8H15N3OS. The summed E-state index contributed by atoms with van der Waals surface area (Å²) in [5, 5.41) is 8.88. The molecule has 1 heterocycles. The van der Waals surface area contributed by atoms with Gasteiger partial charge in [-0.25, -0.2) is 0 Å². The van der Waals surface area contributed by atoms with Crippen LogP contribution in [0.3, 0.4) is 0 Å². The molecule has 0 unspecified atom stereocenters. The molecule has 1 rings (SSSR count). The van der Waals surface area contributed by atoms with Gasteiger partial charge in [-0.15, -0.1) is 10.2 Å². The van der Waals surface area contributed by atoms with Gasteiger partial charge in [-0.05, 0) is 12.8 Å². The number of hydrogen-bond acceptors (Lipinski definition) is 5. The SMILES string of the molecule is CCC(CC)Sc1nnc(CN)o1. The highest BCUT2D eigenvalue weighted by Crippen LogP contribution is 2.25. The number of aromatic nitrogens is 2. The molecule has 1 aromatic heterocycles. The third-order valence-electron chi connectivity index (χ3n) is 1.80. The Balaban J connectivity index is 2.52. The van der Waals surface area contributed by atoms with Gasteiger partial charge in [0.1, 0.15) is 0 Å². The van der Waals surface area contributed by atoms with Crippen molar-refractivity contribution in [1.29, 1.82) is 0 Å². The Morgan fingerprint density at radius 1 is 1.38 bits per heavy atom. The lowest BCUT2D eigenvalue weighted by Gasteiger charge is -2.06. The van der Waals surface area contributed by atoms with E-state index in [-0.39, 0.29) is 0 Å². The fraction of sp³-hybridized carbons (Fsp3) is 0.750. The van der Waals surface area contributed by atoms with Crippen LogP contribution in [0.5, 0.6) is 0 Å². The molecule has 0 aliphatic carbocycles. The smallest absolute Gasteiger partial charge is 0.276 e. The molecule has 2 N–H and O–H groups in total. The summed E-state index contributed by atoms with van der Waals surface area (Å²) in [5.41, 5.74) is 5.35. The molecular weight excluding hydrogens is 186 g/mol. The number of hydrogen-bond donors (Lipinski definition) is 1. The molecule has 4 nitrogen and oxygen atoms in total. The highest BCUT2D eigenvalue weighted by Gasteiger charge is 2.11. The predicted octanol–water partition coefficient (Wildman–Crippen LogP) is 1.81. The van der Waals surface area contributed by atoms with Gasteiger partial charge in [-0.2, -0.15) is 0 Å². The zero-order valence-corrected chi connectivity index (χ0v) is 8.80. The van der Waals surface area contributed by atoms with E-state index in [1.165, 1.54) is 0 Å². The molecule has 0 saturated heterocycles. The Kier molecular flexibility index (Phi) is 4.24. The zero-order valence-electron chi connectivity index (χ0n) is 7.99. The number of thioether (sulfide) groups is 1. The van der Waals surface area contributed by atoms with Gasteiger partial charge in [0.25, 0.3) is 5.22 Å². The van der Waals surface area contributed by atoms with E-state index < -0.39 is 0 Å². The fourth-order valence-corrected chi connectivity index (χ4v) is 1.82. The second-order valence-electron chi connectivity index (χ2n) is 2.72. The molecule has 0 spiro atoms. The summed E-state index contributed by atoms with van der Waals surface area (Å²) in [5.74, 6) is 0.508. The van der Waals surface area contributed by atoms with E-state index in [9.17, 15) is 0 Å². The minimum Gasteiger partial charge on any atom is -0.415 e. The minimum atomic E-state index is 0.316. The summed E-state index contributed by atoms with van der Waals surface area (Å²) >= 11 is 1.63. The first-order valence-electron chi connectivity index (χ1n) is 4.49. The second-order valence-corrected chi connectivity index (χ2v) is 3.97. The number of rotatable bonds is 5. The lowest BCUT2D eigenvalue weighted by molar-refractivity contribution is 0.413. The van der Waals surface area contributed by atoms with Crippen molar-refractivity contribution in [2.24, 2.45) is 5.73 Å². The Hall–Kier alpha value is -0.550. The molecule has 0 aromatic carbocycles. The van der Waals surface area contributed by atoms with Gasteiger partial charge in [-0.3, -0.25) is 0 Å². The van der Waals surface area contributed by atoms with E-state index in [1.807, 2.05) is 0 Å². The van der Waals surface area contributed by atoms with Gasteiger partial charge in [0, 0.05) is 5.25 Å². The van der Waals surface area contributed by atoms with E-state index in [0.29, 0.717) is 22.9 Å². The Labute approximate surface area is 82.3 Å². The predicted molar refractivity (Wildman–Crippen MR) is 52.4 cm³/mol. The second kappa shape index (κ2) is 5.24. The van der Waals surface area contributed by atoms with Crippen molar-refractivity contribution in [3.8, 4) is 0 Å². The Bertz CT molecular complexity index is 247. The first-order valence-corrected chi connectivity index (χ1v) is 5.37. The van der Waals surface area contributed by atoms with Crippen molar-refractivity contribution in [2.45, 2.75) is 43.7 Å². The molecule has 13 heavy (non-hydrogen) atoms. The molecule has 0 atom stereocenters. The molecule has 0 saturated carbocycles. The van der Waals surface area contributed by atoms with Crippen LogP contribution in [0, 0.1) is 0 Å². The summed E-state index contributed by atoms with van der Waals surface area (Å²) in [6, 6.07) is 0. The monoisotopic (exact) mass is 201 g/mol. The molecule has 0 bridgehead atoms. The summed E-state index contributed by atoms with van der Waals surface area (Å²) in [7, 11) is 0. The van der Waals surface area contributed by atoms with Crippen molar-refractivity contribution < 1.29 is 4.42 Å². The van der Waals surface area contributed by atoms with Gasteiger partial charge in [0.05, 0.1) is 6.54 Å². The molecule has 74 valence electrons. The standard InChI is InChI=1S/C8H15N3OS/c1-3-6(4-2)13-8-11-10-7(5-9)12-8/h6H,3-5,9H2,1-2H3. The van der Waals surface area contributed by atoms with E-state index in [2.05, 4.69) is 24.0 Å². The highest BCUT2D eigenvalue weighted by atomic mass is 32.2. The van der Waals surface area contributed by atoms with Gasteiger partial charge in [0.2, 0.25) is 5.89 Å². The zero-order chi connectivity index (χ0) is 9.68. The van der Waals surface area contributed by atoms with Crippen LogP contribution in [-0.4, -0.2) is 15.4 Å². The quantitative estimate of drug-likeness (QED) is 0.736. The topological polar surface area (TPSA) is 64.9 Å². The number of nitrogens with zero attached hydrogens (tertiary/aromatic N) is 2. The summed E-state index contributed by atoms with van der Waals surface area (Å²) in [4.78, 5) is 0. The summed E-state index contributed by atoms with van der Waals surface area (Å²) < 4.78 is 5.28. The largest absolute Gasteiger partial charge is 0.415 e. The van der Waals surface area contributed by atoms with Crippen LogP contribution in [0.15, 0.2) is 9.64 Å². The molecule has 1 aromatic rings. The van der Waals surface area contributed by atoms with Crippen LogP contribution in [-0.2, 0) is 6.54 Å². The lowest BCUT2D eigenvalue weighted by atomic mass is 10.3. The van der Waals surface area contributed by atoms with E-state index >= 15 is 0 Å². The van der Waals surface area contributed by atoms with Crippen LogP contribution >= 0.6 is 11.8 Å². The van der Waals surface area contributed by atoms with E-state index in [1.54, 1.807) is 11.8 Å².